The Labute approximate surface area is 180 Å². The van der Waals surface area contributed by atoms with Gasteiger partial charge in [0, 0.05) is 34.9 Å². The van der Waals surface area contributed by atoms with Gasteiger partial charge in [-0.05, 0) is 42.5 Å². The van der Waals surface area contributed by atoms with Crippen LogP contribution < -0.4 is 10.2 Å². The van der Waals surface area contributed by atoms with Crippen molar-refractivity contribution < 1.29 is 4.90 Å². The number of anilines is 1. The number of nitrogens with zero attached hydrogens (tertiary/aromatic N) is 3. The van der Waals surface area contributed by atoms with Crippen LogP contribution in [0, 0.1) is 0 Å². The highest BCUT2D eigenvalue weighted by atomic mass is 32.1. The molecule has 0 spiro atoms. The number of nitrogens with one attached hydrogen (secondary N) is 2. The van der Waals surface area contributed by atoms with E-state index in [2.05, 4.69) is 48.7 Å². The molecule has 0 atom stereocenters. The Balaban J connectivity index is 1.55. The van der Waals surface area contributed by atoms with Crippen LogP contribution >= 0.6 is 11.3 Å². The van der Waals surface area contributed by atoms with Gasteiger partial charge in [-0.15, -0.1) is 11.3 Å². The minimum atomic E-state index is 0.740. The van der Waals surface area contributed by atoms with Crippen molar-refractivity contribution in [2.45, 2.75) is 32.4 Å². The quantitative estimate of drug-likeness (QED) is 0.505. The van der Waals surface area contributed by atoms with Crippen molar-refractivity contribution in [3.05, 3.63) is 70.4 Å². The molecule has 3 heterocycles. The Morgan fingerprint density at radius 2 is 1.90 bits per heavy atom. The normalized spacial score (nSPS) is 13.2. The molecule has 0 saturated heterocycles. The predicted octanol–water partition coefficient (Wildman–Crippen LogP) is 3.50. The number of quaternary nitrogens is 1. The Kier molecular flexibility index (Phi) is 5.19. The standard InChI is InChI=1S/C24H25N5S/c1-29(2)15-18-8-4-3-7-16(18)14-26-23-21-19-10-5-11-20(19)30-24(21)28-22(27-23)17-9-6-12-25-13-17/h3-4,6-9,12-13H,5,10-11,14-15H2,1-2H3,(H,26,27,28)/p+1. The second-order valence-electron chi connectivity index (χ2n) is 8.18. The summed E-state index contributed by atoms with van der Waals surface area (Å²) < 4.78 is 0. The van der Waals surface area contributed by atoms with Crippen molar-refractivity contribution >= 4 is 27.4 Å². The van der Waals surface area contributed by atoms with Crippen molar-refractivity contribution in [2.75, 3.05) is 19.4 Å². The number of hydrogen-bond donors (Lipinski definition) is 2. The van der Waals surface area contributed by atoms with E-state index < -0.39 is 0 Å². The summed E-state index contributed by atoms with van der Waals surface area (Å²) in [5, 5.41) is 4.89. The van der Waals surface area contributed by atoms with Gasteiger partial charge in [0.05, 0.1) is 19.5 Å². The first-order chi connectivity index (χ1) is 14.7. The maximum Gasteiger partial charge on any atom is 0.164 e. The number of benzene rings is 1. The lowest BCUT2D eigenvalue weighted by molar-refractivity contribution is -0.872. The molecule has 2 N–H and O–H groups in total. The van der Waals surface area contributed by atoms with E-state index in [1.165, 1.54) is 38.3 Å². The molecule has 0 amide bonds. The van der Waals surface area contributed by atoms with Gasteiger partial charge in [0.2, 0.25) is 0 Å². The van der Waals surface area contributed by atoms with Crippen molar-refractivity contribution in [1.29, 1.82) is 0 Å². The van der Waals surface area contributed by atoms with Gasteiger partial charge >= 0.3 is 0 Å². The minimum absolute atomic E-state index is 0.740. The first-order valence-corrected chi connectivity index (χ1v) is 11.3. The molecule has 0 radical (unpaired) electrons. The fourth-order valence-electron chi connectivity index (χ4n) is 4.21. The van der Waals surface area contributed by atoms with Crippen LogP contribution in [0.25, 0.3) is 21.6 Å². The molecular formula is C24H26N5S+. The highest BCUT2D eigenvalue weighted by Crippen LogP contribution is 2.40. The van der Waals surface area contributed by atoms with Crippen molar-refractivity contribution in [1.82, 2.24) is 15.0 Å². The summed E-state index contributed by atoms with van der Waals surface area (Å²) in [5.41, 5.74) is 5.09. The molecule has 0 unspecified atom stereocenters. The number of aryl methyl sites for hydroxylation is 2. The molecule has 152 valence electrons. The third-order valence-corrected chi connectivity index (χ3v) is 6.78. The van der Waals surface area contributed by atoms with Gasteiger partial charge in [0.15, 0.2) is 5.82 Å². The Morgan fingerprint density at radius 1 is 1.03 bits per heavy atom. The number of pyridine rings is 1. The first kappa shape index (κ1) is 19.2. The molecule has 5 rings (SSSR count). The second kappa shape index (κ2) is 8.13. The summed E-state index contributed by atoms with van der Waals surface area (Å²) in [6.45, 7) is 1.76. The molecule has 3 aromatic heterocycles. The zero-order valence-electron chi connectivity index (χ0n) is 17.4. The van der Waals surface area contributed by atoms with Gasteiger partial charge in [-0.2, -0.15) is 0 Å². The summed E-state index contributed by atoms with van der Waals surface area (Å²) >= 11 is 1.83. The fourth-order valence-corrected chi connectivity index (χ4v) is 5.47. The van der Waals surface area contributed by atoms with Crippen LogP contribution in [0.4, 0.5) is 5.82 Å². The SMILES string of the molecule is C[NH+](C)Cc1ccccc1CNc1nc(-c2cccnc2)nc2sc3c(c12)CCC3. The fraction of sp³-hybridized carbons (Fsp3) is 0.292. The van der Waals surface area contributed by atoms with Crippen molar-refractivity contribution in [2.24, 2.45) is 0 Å². The monoisotopic (exact) mass is 416 g/mol. The number of aromatic nitrogens is 3. The molecular weight excluding hydrogens is 390 g/mol. The second-order valence-corrected chi connectivity index (χ2v) is 9.26. The van der Waals surface area contributed by atoms with Gasteiger partial charge in [-0.1, -0.05) is 24.3 Å². The minimum Gasteiger partial charge on any atom is -0.365 e. The molecule has 1 aromatic carbocycles. The molecule has 6 heteroatoms. The third kappa shape index (κ3) is 3.68. The third-order valence-electron chi connectivity index (χ3n) is 5.59. The zero-order chi connectivity index (χ0) is 20.5. The van der Waals surface area contributed by atoms with Crippen LogP contribution in [0.3, 0.4) is 0 Å². The molecule has 0 aliphatic heterocycles. The van der Waals surface area contributed by atoms with E-state index in [0.29, 0.717) is 0 Å². The average Bonchev–Trinajstić information content (AvgIpc) is 3.34. The largest absolute Gasteiger partial charge is 0.365 e. The van der Waals surface area contributed by atoms with Gasteiger partial charge in [0.1, 0.15) is 17.2 Å². The maximum absolute atomic E-state index is 4.97. The van der Waals surface area contributed by atoms with Crippen LogP contribution in [0.2, 0.25) is 0 Å². The van der Waals surface area contributed by atoms with Crippen molar-refractivity contribution in [3.8, 4) is 11.4 Å². The van der Waals surface area contributed by atoms with Crippen LogP contribution in [-0.4, -0.2) is 29.0 Å². The van der Waals surface area contributed by atoms with E-state index in [1.807, 2.05) is 29.7 Å². The number of hydrogen-bond acceptors (Lipinski definition) is 5. The Morgan fingerprint density at radius 3 is 2.70 bits per heavy atom. The predicted molar refractivity (Wildman–Crippen MR) is 123 cm³/mol. The van der Waals surface area contributed by atoms with Crippen LogP contribution in [-0.2, 0) is 25.9 Å². The van der Waals surface area contributed by atoms with Gasteiger partial charge in [0.25, 0.3) is 0 Å². The lowest BCUT2D eigenvalue weighted by atomic mass is 10.1. The number of thiophene rings is 1. The van der Waals surface area contributed by atoms with E-state index in [-0.39, 0.29) is 0 Å². The molecule has 30 heavy (non-hydrogen) atoms. The Hall–Kier alpha value is -2.83. The molecule has 4 aromatic rings. The highest BCUT2D eigenvalue weighted by molar-refractivity contribution is 7.19. The molecule has 1 aliphatic carbocycles. The Bertz CT molecular complexity index is 1180. The molecule has 1 aliphatic rings. The lowest BCUT2D eigenvalue weighted by Gasteiger charge is -2.14. The van der Waals surface area contributed by atoms with Crippen molar-refractivity contribution in [3.63, 3.8) is 0 Å². The van der Waals surface area contributed by atoms with E-state index >= 15 is 0 Å². The van der Waals surface area contributed by atoms with Gasteiger partial charge in [-0.25, -0.2) is 9.97 Å². The summed E-state index contributed by atoms with van der Waals surface area (Å²) in [6.07, 6.45) is 7.13. The first-order valence-electron chi connectivity index (χ1n) is 10.5. The molecule has 0 fully saturated rings. The van der Waals surface area contributed by atoms with Crippen LogP contribution in [0.15, 0.2) is 48.8 Å². The van der Waals surface area contributed by atoms with Crippen LogP contribution in [0.1, 0.15) is 28.0 Å². The summed E-state index contributed by atoms with van der Waals surface area (Å²) in [5.74, 6) is 1.69. The van der Waals surface area contributed by atoms with E-state index in [0.717, 1.165) is 48.0 Å². The summed E-state index contributed by atoms with van der Waals surface area (Å²) in [6, 6.07) is 12.6. The number of fused-ring (bicyclic) bond motifs is 3. The molecule has 0 bridgehead atoms. The summed E-state index contributed by atoms with van der Waals surface area (Å²) in [7, 11) is 4.38. The highest BCUT2D eigenvalue weighted by Gasteiger charge is 2.23. The lowest BCUT2D eigenvalue weighted by Crippen LogP contribution is -3.04. The summed E-state index contributed by atoms with van der Waals surface area (Å²) in [4.78, 5) is 18.1. The zero-order valence-corrected chi connectivity index (χ0v) is 18.2. The van der Waals surface area contributed by atoms with Gasteiger partial charge in [-0.3, -0.25) is 4.98 Å². The van der Waals surface area contributed by atoms with E-state index in [9.17, 15) is 0 Å². The molecule has 5 nitrogen and oxygen atoms in total. The molecule has 0 saturated carbocycles. The topological polar surface area (TPSA) is 55.1 Å². The van der Waals surface area contributed by atoms with E-state index in [1.54, 1.807) is 6.20 Å². The number of rotatable bonds is 6. The average molecular weight is 417 g/mol. The maximum atomic E-state index is 4.97. The van der Waals surface area contributed by atoms with Crippen LogP contribution in [0.5, 0.6) is 0 Å². The van der Waals surface area contributed by atoms with Gasteiger partial charge < -0.3 is 10.2 Å². The smallest absolute Gasteiger partial charge is 0.164 e. The van der Waals surface area contributed by atoms with E-state index in [4.69, 9.17) is 9.97 Å².